The molecular formula is C12H17N5O2. The third-order valence-electron chi connectivity index (χ3n) is 2.80. The molecule has 2 rings (SSSR count). The monoisotopic (exact) mass is 263 g/mol. The zero-order chi connectivity index (χ0) is 13.8. The second-order valence-electron chi connectivity index (χ2n) is 4.59. The number of carbonyl (C=O) groups is 1. The first-order valence-corrected chi connectivity index (χ1v) is 6.22. The van der Waals surface area contributed by atoms with Crippen LogP contribution >= 0.6 is 0 Å². The van der Waals surface area contributed by atoms with E-state index in [9.17, 15) is 4.79 Å². The summed E-state index contributed by atoms with van der Waals surface area (Å²) in [6, 6.07) is 2.06. The largest absolute Gasteiger partial charge is 0.481 e. The van der Waals surface area contributed by atoms with Gasteiger partial charge in [-0.1, -0.05) is 0 Å². The van der Waals surface area contributed by atoms with Crippen molar-refractivity contribution in [1.29, 1.82) is 0 Å². The number of rotatable bonds is 6. The molecule has 7 nitrogen and oxygen atoms in total. The highest BCUT2D eigenvalue weighted by Crippen LogP contribution is 2.13. The van der Waals surface area contributed by atoms with E-state index in [1.165, 1.54) is 6.33 Å². The lowest BCUT2D eigenvalue weighted by atomic mass is 10.1. The van der Waals surface area contributed by atoms with E-state index >= 15 is 0 Å². The van der Waals surface area contributed by atoms with Crippen molar-refractivity contribution in [2.45, 2.75) is 39.2 Å². The van der Waals surface area contributed by atoms with E-state index < -0.39 is 5.97 Å². The quantitative estimate of drug-likeness (QED) is 0.820. The Morgan fingerprint density at radius 1 is 1.58 bits per heavy atom. The van der Waals surface area contributed by atoms with Crippen LogP contribution in [0.25, 0.3) is 5.78 Å². The molecule has 2 aromatic rings. The molecule has 1 unspecified atom stereocenters. The second kappa shape index (κ2) is 5.64. The van der Waals surface area contributed by atoms with Crippen LogP contribution in [0.15, 0.2) is 12.4 Å². The van der Waals surface area contributed by atoms with E-state index in [-0.39, 0.29) is 12.5 Å². The van der Waals surface area contributed by atoms with E-state index in [1.54, 1.807) is 4.52 Å². The third-order valence-corrected chi connectivity index (χ3v) is 2.80. The molecule has 102 valence electrons. The topological polar surface area (TPSA) is 92.4 Å². The average molecular weight is 263 g/mol. The lowest BCUT2D eigenvalue weighted by Gasteiger charge is -2.15. The summed E-state index contributed by atoms with van der Waals surface area (Å²) in [6.07, 6.45) is 3.08. The molecule has 0 spiro atoms. The molecule has 7 heteroatoms. The van der Waals surface area contributed by atoms with E-state index in [0.717, 1.165) is 17.9 Å². The van der Waals surface area contributed by atoms with Crippen molar-refractivity contribution in [3.63, 3.8) is 0 Å². The molecule has 19 heavy (non-hydrogen) atoms. The van der Waals surface area contributed by atoms with Crippen LogP contribution in [0.5, 0.6) is 0 Å². The first kappa shape index (κ1) is 13.3. The highest BCUT2D eigenvalue weighted by molar-refractivity contribution is 5.66. The number of hydrogen-bond donors (Lipinski definition) is 2. The van der Waals surface area contributed by atoms with Crippen LogP contribution in [0.2, 0.25) is 0 Å². The minimum Gasteiger partial charge on any atom is -0.481 e. The van der Waals surface area contributed by atoms with E-state index in [2.05, 4.69) is 20.4 Å². The minimum absolute atomic E-state index is 0.161. The predicted octanol–water partition coefficient (Wildman–Crippen LogP) is 1.49. The van der Waals surface area contributed by atoms with Gasteiger partial charge in [0.1, 0.15) is 12.1 Å². The van der Waals surface area contributed by atoms with Crippen LogP contribution in [0, 0.1) is 6.92 Å². The van der Waals surface area contributed by atoms with Gasteiger partial charge in [0.25, 0.3) is 5.78 Å². The van der Waals surface area contributed by atoms with Crippen LogP contribution in [0.1, 0.15) is 31.9 Å². The molecule has 0 aliphatic carbocycles. The molecule has 0 fully saturated rings. The van der Waals surface area contributed by atoms with Gasteiger partial charge in [-0.2, -0.15) is 14.6 Å². The number of aryl methyl sites for hydroxylation is 1. The van der Waals surface area contributed by atoms with Gasteiger partial charge in [0.2, 0.25) is 0 Å². The van der Waals surface area contributed by atoms with Crippen molar-refractivity contribution in [2.75, 3.05) is 5.32 Å². The standard InChI is InChI=1S/C12H17N5O2/c1-8(4-3-5-11(18)19)15-10-6-9(2)16-12-13-7-14-17(10)12/h6-8,15H,3-5H2,1-2H3,(H,18,19). The maximum Gasteiger partial charge on any atom is 0.303 e. The molecule has 0 aliphatic heterocycles. The Labute approximate surface area is 110 Å². The fourth-order valence-electron chi connectivity index (χ4n) is 1.92. The van der Waals surface area contributed by atoms with Gasteiger partial charge in [-0.25, -0.2) is 4.98 Å². The Balaban J connectivity index is 2.04. The molecule has 0 saturated carbocycles. The SMILES string of the molecule is Cc1cc(NC(C)CCCC(=O)O)n2ncnc2n1. The summed E-state index contributed by atoms with van der Waals surface area (Å²) in [5.41, 5.74) is 0.862. The lowest BCUT2D eigenvalue weighted by Crippen LogP contribution is -2.18. The van der Waals surface area contributed by atoms with Crippen LogP contribution < -0.4 is 5.32 Å². The summed E-state index contributed by atoms with van der Waals surface area (Å²) in [4.78, 5) is 18.8. The second-order valence-corrected chi connectivity index (χ2v) is 4.59. The lowest BCUT2D eigenvalue weighted by molar-refractivity contribution is -0.137. The molecule has 1 atom stereocenters. The van der Waals surface area contributed by atoms with Gasteiger partial charge in [-0.15, -0.1) is 0 Å². The smallest absolute Gasteiger partial charge is 0.303 e. The van der Waals surface area contributed by atoms with Gasteiger partial charge in [0, 0.05) is 24.2 Å². The molecule has 0 aromatic carbocycles. The van der Waals surface area contributed by atoms with Gasteiger partial charge in [-0.3, -0.25) is 4.79 Å². The van der Waals surface area contributed by atoms with Gasteiger partial charge >= 0.3 is 5.97 Å². The van der Waals surface area contributed by atoms with Crippen molar-refractivity contribution >= 4 is 17.6 Å². The molecule has 0 aliphatic rings. The van der Waals surface area contributed by atoms with Crippen LogP contribution in [-0.4, -0.2) is 36.7 Å². The zero-order valence-electron chi connectivity index (χ0n) is 11.0. The molecule has 0 bridgehead atoms. The number of nitrogens with one attached hydrogen (secondary N) is 1. The summed E-state index contributed by atoms with van der Waals surface area (Å²) in [5, 5.41) is 16.0. The zero-order valence-corrected chi connectivity index (χ0v) is 11.0. The molecular weight excluding hydrogens is 246 g/mol. The van der Waals surface area contributed by atoms with E-state index in [1.807, 2.05) is 19.9 Å². The molecule has 0 amide bonds. The van der Waals surface area contributed by atoms with Crippen LogP contribution in [-0.2, 0) is 4.79 Å². The Hall–Kier alpha value is -2.18. The van der Waals surface area contributed by atoms with Gasteiger partial charge in [0.15, 0.2) is 0 Å². The summed E-state index contributed by atoms with van der Waals surface area (Å²) in [5.74, 6) is 0.619. The number of aromatic nitrogens is 4. The Morgan fingerprint density at radius 3 is 3.11 bits per heavy atom. The number of carboxylic acids is 1. The van der Waals surface area contributed by atoms with Gasteiger partial charge in [0.05, 0.1) is 0 Å². The highest BCUT2D eigenvalue weighted by atomic mass is 16.4. The Bertz CT molecular complexity index is 581. The number of anilines is 1. The fraction of sp³-hybridized carbons (Fsp3) is 0.500. The summed E-state index contributed by atoms with van der Waals surface area (Å²) < 4.78 is 1.64. The summed E-state index contributed by atoms with van der Waals surface area (Å²) >= 11 is 0. The van der Waals surface area contributed by atoms with Crippen molar-refractivity contribution in [3.05, 3.63) is 18.1 Å². The van der Waals surface area contributed by atoms with Gasteiger partial charge < -0.3 is 10.4 Å². The van der Waals surface area contributed by atoms with Crippen LogP contribution in [0.3, 0.4) is 0 Å². The normalized spacial score (nSPS) is 12.5. The number of fused-ring (bicyclic) bond motifs is 1. The predicted molar refractivity (Wildman–Crippen MR) is 70.1 cm³/mol. The third kappa shape index (κ3) is 3.40. The number of aliphatic carboxylic acids is 1. The van der Waals surface area contributed by atoms with Crippen molar-refractivity contribution in [2.24, 2.45) is 0 Å². The maximum atomic E-state index is 10.5. The maximum absolute atomic E-state index is 10.5. The van der Waals surface area contributed by atoms with Gasteiger partial charge in [-0.05, 0) is 26.7 Å². The first-order valence-electron chi connectivity index (χ1n) is 6.22. The molecule has 2 aromatic heterocycles. The first-order chi connectivity index (χ1) is 9.06. The van der Waals surface area contributed by atoms with Crippen molar-refractivity contribution in [1.82, 2.24) is 19.6 Å². The number of hydrogen-bond acceptors (Lipinski definition) is 5. The van der Waals surface area contributed by atoms with Crippen molar-refractivity contribution < 1.29 is 9.90 Å². The highest BCUT2D eigenvalue weighted by Gasteiger charge is 2.09. The summed E-state index contributed by atoms with van der Waals surface area (Å²) in [7, 11) is 0. The molecule has 2 heterocycles. The van der Waals surface area contributed by atoms with E-state index in [4.69, 9.17) is 5.11 Å². The summed E-state index contributed by atoms with van der Waals surface area (Å²) in [6.45, 7) is 3.91. The van der Waals surface area contributed by atoms with Crippen LogP contribution in [0.4, 0.5) is 5.82 Å². The average Bonchev–Trinajstić information content (AvgIpc) is 2.76. The molecule has 0 saturated heterocycles. The fourth-order valence-corrected chi connectivity index (χ4v) is 1.92. The number of nitrogens with zero attached hydrogens (tertiary/aromatic N) is 4. The molecule has 0 radical (unpaired) electrons. The number of carboxylic acid groups (broad SMARTS) is 1. The Morgan fingerprint density at radius 2 is 2.37 bits per heavy atom. The van der Waals surface area contributed by atoms with E-state index in [0.29, 0.717) is 12.2 Å². The van der Waals surface area contributed by atoms with Crippen molar-refractivity contribution in [3.8, 4) is 0 Å². The molecule has 2 N–H and O–H groups in total. The Kier molecular flexibility index (Phi) is 3.94. The minimum atomic E-state index is -0.759.